The highest BCUT2D eigenvalue weighted by Gasteiger charge is 2.26. The lowest BCUT2D eigenvalue weighted by Gasteiger charge is -2.12. The Hall–Kier alpha value is -0.740. The van der Waals surface area contributed by atoms with E-state index in [0.29, 0.717) is 25.6 Å². The van der Waals surface area contributed by atoms with Crippen LogP contribution in [-0.4, -0.2) is 13.1 Å². The van der Waals surface area contributed by atoms with Crippen molar-refractivity contribution in [3.63, 3.8) is 0 Å². The summed E-state index contributed by atoms with van der Waals surface area (Å²) in [7, 11) is 0. The van der Waals surface area contributed by atoms with Gasteiger partial charge in [-0.05, 0) is 13.0 Å². The highest BCUT2D eigenvalue weighted by Crippen LogP contribution is 2.32. The number of rotatable bonds is 1. The zero-order valence-electron chi connectivity index (χ0n) is 7.79. The minimum Gasteiger partial charge on any atom is -0.316 e. The fourth-order valence-electron chi connectivity index (χ4n) is 1.86. The molecule has 1 unspecified atom stereocenters. The van der Waals surface area contributed by atoms with Gasteiger partial charge in [0.1, 0.15) is 16.7 Å². The summed E-state index contributed by atoms with van der Waals surface area (Å²) in [5.41, 5.74) is -0.105. The Labute approximate surface area is 90.2 Å². The van der Waals surface area contributed by atoms with Crippen molar-refractivity contribution in [2.24, 2.45) is 0 Å². The SMILES string of the molecule is Fc1cc(F)c(C2CCNC2)c(F)c1Cl. The molecule has 1 fully saturated rings. The van der Waals surface area contributed by atoms with Crippen LogP contribution in [-0.2, 0) is 0 Å². The van der Waals surface area contributed by atoms with Crippen molar-refractivity contribution in [3.05, 3.63) is 34.1 Å². The van der Waals surface area contributed by atoms with Crippen molar-refractivity contribution in [1.82, 2.24) is 5.32 Å². The van der Waals surface area contributed by atoms with E-state index in [2.05, 4.69) is 5.32 Å². The van der Waals surface area contributed by atoms with E-state index < -0.39 is 22.5 Å². The molecule has 82 valence electrons. The summed E-state index contributed by atoms with van der Waals surface area (Å²) in [6.45, 7) is 1.20. The van der Waals surface area contributed by atoms with E-state index in [0.717, 1.165) is 0 Å². The first kappa shape index (κ1) is 10.8. The highest BCUT2D eigenvalue weighted by atomic mass is 35.5. The Kier molecular flexibility index (Phi) is 2.89. The molecule has 1 aromatic carbocycles. The number of benzene rings is 1. The van der Waals surface area contributed by atoms with Crippen LogP contribution in [0.5, 0.6) is 0 Å². The standard InChI is InChI=1S/C10H9ClF3N/c11-9-7(13)3-6(12)8(10(9)14)5-1-2-15-4-5/h3,5,15H,1-2,4H2. The molecule has 0 aromatic heterocycles. The van der Waals surface area contributed by atoms with Gasteiger partial charge in [-0.2, -0.15) is 0 Å². The third-order valence-electron chi connectivity index (χ3n) is 2.62. The fourth-order valence-corrected chi connectivity index (χ4v) is 2.01. The Morgan fingerprint density at radius 1 is 1.27 bits per heavy atom. The summed E-state index contributed by atoms with van der Waals surface area (Å²) >= 11 is 5.40. The topological polar surface area (TPSA) is 12.0 Å². The van der Waals surface area contributed by atoms with E-state index in [9.17, 15) is 13.2 Å². The molecule has 0 saturated carbocycles. The minimum absolute atomic E-state index is 0.105. The molecule has 1 saturated heterocycles. The van der Waals surface area contributed by atoms with Crippen molar-refractivity contribution >= 4 is 11.6 Å². The second-order valence-corrected chi connectivity index (χ2v) is 3.95. The third kappa shape index (κ3) is 1.84. The van der Waals surface area contributed by atoms with Gasteiger partial charge in [-0.15, -0.1) is 0 Å². The van der Waals surface area contributed by atoms with Gasteiger partial charge in [-0.3, -0.25) is 0 Å². The molecule has 1 atom stereocenters. The molecule has 1 aromatic rings. The quantitative estimate of drug-likeness (QED) is 0.583. The van der Waals surface area contributed by atoms with Crippen LogP contribution in [0.4, 0.5) is 13.2 Å². The summed E-state index contributed by atoms with van der Waals surface area (Å²) in [4.78, 5) is 0. The molecule has 5 heteroatoms. The molecule has 0 amide bonds. The van der Waals surface area contributed by atoms with Crippen LogP contribution in [0.25, 0.3) is 0 Å². The van der Waals surface area contributed by atoms with Gasteiger partial charge in [0.15, 0.2) is 5.82 Å². The summed E-state index contributed by atoms with van der Waals surface area (Å²) in [6, 6.07) is 0.638. The minimum atomic E-state index is -1.05. The molecule has 0 radical (unpaired) electrons. The predicted molar refractivity (Wildman–Crippen MR) is 51.6 cm³/mol. The van der Waals surface area contributed by atoms with E-state index >= 15 is 0 Å². The van der Waals surface area contributed by atoms with Crippen LogP contribution < -0.4 is 5.32 Å². The van der Waals surface area contributed by atoms with E-state index in [1.165, 1.54) is 0 Å². The highest BCUT2D eigenvalue weighted by molar-refractivity contribution is 6.31. The number of nitrogens with one attached hydrogen (secondary N) is 1. The summed E-state index contributed by atoms with van der Waals surface area (Å²) < 4.78 is 39.8. The van der Waals surface area contributed by atoms with Gasteiger partial charge in [-0.1, -0.05) is 11.6 Å². The van der Waals surface area contributed by atoms with Gasteiger partial charge >= 0.3 is 0 Å². The Morgan fingerprint density at radius 3 is 2.60 bits per heavy atom. The molecule has 0 aliphatic carbocycles. The smallest absolute Gasteiger partial charge is 0.151 e. The Bertz CT molecular complexity index is 389. The fraction of sp³-hybridized carbons (Fsp3) is 0.400. The van der Waals surface area contributed by atoms with E-state index in [1.807, 2.05) is 0 Å². The predicted octanol–water partition coefficient (Wildman–Crippen LogP) is 2.83. The van der Waals surface area contributed by atoms with Crippen molar-refractivity contribution in [1.29, 1.82) is 0 Å². The van der Waals surface area contributed by atoms with Gasteiger partial charge in [-0.25, -0.2) is 13.2 Å². The maximum absolute atomic E-state index is 13.5. The third-order valence-corrected chi connectivity index (χ3v) is 2.96. The lowest BCUT2D eigenvalue weighted by atomic mass is 9.97. The Balaban J connectivity index is 2.50. The first-order valence-corrected chi connectivity index (χ1v) is 5.02. The van der Waals surface area contributed by atoms with Crippen molar-refractivity contribution in [3.8, 4) is 0 Å². The van der Waals surface area contributed by atoms with Gasteiger partial charge < -0.3 is 5.32 Å². The lowest BCUT2D eigenvalue weighted by Crippen LogP contribution is -2.11. The van der Waals surface area contributed by atoms with Crippen LogP contribution in [0.3, 0.4) is 0 Å². The zero-order chi connectivity index (χ0) is 11.0. The van der Waals surface area contributed by atoms with Crippen molar-refractivity contribution in [2.45, 2.75) is 12.3 Å². The molecular formula is C10H9ClF3N. The van der Waals surface area contributed by atoms with Crippen molar-refractivity contribution < 1.29 is 13.2 Å². The summed E-state index contributed by atoms with van der Waals surface area (Å²) in [5.74, 6) is -3.14. The van der Waals surface area contributed by atoms with Gasteiger partial charge in [0.05, 0.1) is 0 Å². The van der Waals surface area contributed by atoms with Crippen LogP contribution >= 0.6 is 11.6 Å². The second kappa shape index (κ2) is 4.02. The van der Waals surface area contributed by atoms with Gasteiger partial charge in [0.25, 0.3) is 0 Å². The molecular weight excluding hydrogens is 227 g/mol. The Morgan fingerprint density at radius 2 is 2.00 bits per heavy atom. The van der Waals surface area contributed by atoms with Crippen LogP contribution in [0.15, 0.2) is 6.07 Å². The molecule has 1 N–H and O–H groups in total. The zero-order valence-corrected chi connectivity index (χ0v) is 8.54. The maximum Gasteiger partial charge on any atom is 0.151 e. The molecule has 2 rings (SSSR count). The van der Waals surface area contributed by atoms with Gasteiger partial charge in [0.2, 0.25) is 0 Å². The number of halogens is 4. The molecule has 0 bridgehead atoms. The van der Waals surface area contributed by atoms with Gasteiger partial charge in [0, 0.05) is 24.1 Å². The molecule has 1 nitrogen and oxygen atoms in total. The second-order valence-electron chi connectivity index (χ2n) is 3.57. The number of hydrogen-bond acceptors (Lipinski definition) is 1. The normalized spacial score (nSPS) is 20.9. The first-order chi connectivity index (χ1) is 7.11. The van der Waals surface area contributed by atoms with Crippen molar-refractivity contribution in [2.75, 3.05) is 13.1 Å². The molecule has 1 aliphatic heterocycles. The summed E-state index contributed by atoms with van der Waals surface area (Å²) in [6.07, 6.45) is 0.635. The van der Waals surface area contributed by atoms with E-state index in [1.54, 1.807) is 0 Å². The van der Waals surface area contributed by atoms with E-state index in [-0.39, 0.29) is 11.5 Å². The van der Waals surface area contributed by atoms with Crippen LogP contribution in [0, 0.1) is 17.5 Å². The number of hydrogen-bond donors (Lipinski definition) is 1. The van der Waals surface area contributed by atoms with E-state index in [4.69, 9.17) is 11.6 Å². The first-order valence-electron chi connectivity index (χ1n) is 4.65. The average Bonchev–Trinajstić information content (AvgIpc) is 2.68. The van der Waals surface area contributed by atoms with Crippen LogP contribution in [0.1, 0.15) is 17.9 Å². The lowest BCUT2D eigenvalue weighted by molar-refractivity contribution is 0.507. The molecule has 15 heavy (non-hydrogen) atoms. The molecule has 1 heterocycles. The molecule has 0 spiro atoms. The summed E-state index contributed by atoms with van der Waals surface area (Å²) in [5, 5.41) is 2.36. The maximum atomic E-state index is 13.5. The molecule has 1 aliphatic rings. The average molecular weight is 236 g/mol. The van der Waals surface area contributed by atoms with Crippen LogP contribution in [0.2, 0.25) is 5.02 Å². The monoisotopic (exact) mass is 235 g/mol. The largest absolute Gasteiger partial charge is 0.316 e.